The number of nitrogens with one attached hydrogen (secondary N) is 1. The van der Waals surface area contributed by atoms with Crippen LogP contribution in [0.5, 0.6) is 5.75 Å². The molecule has 0 spiro atoms. The molecule has 0 saturated heterocycles. The minimum absolute atomic E-state index is 0. The van der Waals surface area contributed by atoms with Crippen LogP contribution in [0.3, 0.4) is 0 Å². The summed E-state index contributed by atoms with van der Waals surface area (Å²) in [6, 6.07) is 7.25. The van der Waals surface area contributed by atoms with Crippen LogP contribution >= 0.6 is 12.4 Å². The average Bonchev–Trinajstić information content (AvgIpc) is 2.90. The van der Waals surface area contributed by atoms with Crippen molar-refractivity contribution in [1.29, 1.82) is 0 Å². The number of hydrogen-bond donors (Lipinski definition) is 2. The van der Waals surface area contributed by atoms with E-state index in [0.717, 1.165) is 17.0 Å². The second kappa shape index (κ2) is 9.07. The molecule has 3 N–H and O–H groups in total. The highest BCUT2D eigenvalue weighted by atomic mass is 35.5. The third-order valence-corrected chi connectivity index (χ3v) is 2.92. The maximum atomic E-state index is 11.9. The van der Waals surface area contributed by atoms with Crippen LogP contribution in [-0.2, 0) is 18.3 Å². The Morgan fingerprint density at radius 1 is 1.36 bits per heavy atom. The van der Waals surface area contributed by atoms with E-state index in [1.165, 1.54) is 0 Å². The molecule has 2 rings (SSSR count). The summed E-state index contributed by atoms with van der Waals surface area (Å²) < 4.78 is 7.11. The monoisotopic (exact) mass is 324 g/mol. The molecule has 120 valence electrons. The lowest BCUT2D eigenvalue weighted by Gasteiger charge is -2.07. The van der Waals surface area contributed by atoms with Gasteiger partial charge in [-0.25, -0.2) is 0 Å². The van der Waals surface area contributed by atoms with E-state index in [-0.39, 0.29) is 18.3 Å². The average molecular weight is 325 g/mol. The smallest absolute Gasteiger partial charge is 0.224 e. The molecule has 7 heteroatoms. The Kier molecular flexibility index (Phi) is 7.42. The molecule has 1 heterocycles. The number of amides is 1. The van der Waals surface area contributed by atoms with E-state index in [4.69, 9.17) is 10.5 Å². The Morgan fingerprint density at radius 2 is 2.09 bits per heavy atom. The van der Waals surface area contributed by atoms with E-state index in [1.807, 2.05) is 37.5 Å². The van der Waals surface area contributed by atoms with Gasteiger partial charge in [0.15, 0.2) is 0 Å². The number of nitrogens with two attached hydrogens (primary N) is 1. The number of aryl methyl sites for hydroxylation is 2. The fourth-order valence-electron chi connectivity index (χ4n) is 1.89. The van der Waals surface area contributed by atoms with E-state index in [0.29, 0.717) is 26.0 Å². The zero-order chi connectivity index (χ0) is 15.1. The maximum absolute atomic E-state index is 11.9. The highest BCUT2D eigenvalue weighted by molar-refractivity contribution is 5.90. The van der Waals surface area contributed by atoms with Crippen LogP contribution in [0.15, 0.2) is 36.7 Å². The number of carbonyl (C=O) groups excluding carboxylic acids is 1. The Bertz CT molecular complexity index is 583. The molecule has 1 aromatic heterocycles. The first-order chi connectivity index (χ1) is 10.2. The van der Waals surface area contributed by atoms with Crippen molar-refractivity contribution >= 4 is 24.0 Å². The van der Waals surface area contributed by atoms with Gasteiger partial charge >= 0.3 is 0 Å². The first kappa shape index (κ1) is 18.0. The third kappa shape index (κ3) is 5.75. The molecule has 0 atom stereocenters. The predicted molar refractivity (Wildman–Crippen MR) is 88.4 cm³/mol. The van der Waals surface area contributed by atoms with Gasteiger partial charge in [-0.15, -0.1) is 12.4 Å². The Labute approximate surface area is 136 Å². The number of rotatable bonds is 7. The lowest BCUT2D eigenvalue weighted by Crippen LogP contribution is -2.12. The molecule has 0 aliphatic heterocycles. The Morgan fingerprint density at radius 3 is 2.68 bits per heavy atom. The van der Waals surface area contributed by atoms with Crippen molar-refractivity contribution in [2.75, 3.05) is 18.5 Å². The minimum atomic E-state index is -0.0190. The zero-order valence-corrected chi connectivity index (χ0v) is 13.3. The van der Waals surface area contributed by atoms with Crippen LogP contribution in [-0.4, -0.2) is 28.8 Å². The van der Waals surface area contributed by atoms with Gasteiger partial charge in [0.25, 0.3) is 0 Å². The Balaban J connectivity index is 0.00000242. The first-order valence-corrected chi connectivity index (χ1v) is 6.87. The van der Waals surface area contributed by atoms with E-state index >= 15 is 0 Å². The number of hydrogen-bond acceptors (Lipinski definition) is 4. The molecule has 0 aliphatic rings. The lowest BCUT2D eigenvalue weighted by molar-refractivity contribution is -0.116. The summed E-state index contributed by atoms with van der Waals surface area (Å²) >= 11 is 0. The SMILES string of the molecule is Cl.Cn1cc(CCC(=O)Nc2ccc(OCCN)cc2)cn1. The standard InChI is InChI=1S/C15H20N4O2.ClH/c1-19-11-12(10-17-19)2-7-15(20)18-13-3-5-14(6-4-13)21-9-8-16;/h3-6,10-11H,2,7-9,16H2,1H3,(H,18,20);1H. The summed E-state index contributed by atoms with van der Waals surface area (Å²) in [5.74, 6) is 0.725. The van der Waals surface area contributed by atoms with Gasteiger partial charge in [-0.1, -0.05) is 0 Å². The highest BCUT2D eigenvalue weighted by Gasteiger charge is 2.04. The zero-order valence-electron chi connectivity index (χ0n) is 12.5. The van der Waals surface area contributed by atoms with Crippen LogP contribution in [0.4, 0.5) is 5.69 Å². The quantitative estimate of drug-likeness (QED) is 0.813. The van der Waals surface area contributed by atoms with E-state index in [2.05, 4.69) is 10.4 Å². The second-order valence-corrected chi connectivity index (χ2v) is 4.73. The van der Waals surface area contributed by atoms with Crippen molar-refractivity contribution in [3.8, 4) is 5.75 Å². The fourth-order valence-corrected chi connectivity index (χ4v) is 1.89. The van der Waals surface area contributed by atoms with E-state index in [9.17, 15) is 4.79 Å². The topological polar surface area (TPSA) is 82.2 Å². The van der Waals surface area contributed by atoms with Gasteiger partial charge in [-0.3, -0.25) is 9.48 Å². The summed E-state index contributed by atoms with van der Waals surface area (Å²) in [4.78, 5) is 11.9. The molecule has 1 aromatic carbocycles. The van der Waals surface area contributed by atoms with Crippen molar-refractivity contribution < 1.29 is 9.53 Å². The van der Waals surface area contributed by atoms with Crippen molar-refractivity contribution in [2.24, 2.45) is 12.8 Å². The van der Waals surface area contributed by atoms with Crippen molar-refractivity contribution in [1.82, 2.24) is 9.78 Å². The van der Waals surface area contributed by atoms with Gasteiger partial charge in [-0.05, 0) is 36.2 Å². The molecular weight excluding hydrogens is 304 g/mol. The van der Waals surface area contributed by atoms with Crippen LogP contribution < -0.4 is 15.8 Å². The molecule has 2 aromatic rings. The van der Waals surface area contributed by atoms with Crippen LogP contribution in [0.25, 0.3) is 0 Å². The fraction of sp³-hybridized carbons (Fsp3) is 0.333. The number of halogens is 1. The molecular formula is C15H21ClN4O2. The van der Waals surface area contributed by atoms with Crippen molar-refractivity contribution in [2.45, 2.75) is 12.8 Å². The largest absolute Gasteiger partial charge is 0.492 e. The minimum Gasteiger partial charge on any atom is -0.492 e. The van der Waals surface area contributed by atoms with Gasteiger partial charge in [-0.2, -0.15) is 5.10 Å². The van der Waals surface area contributed by atoms with Gasteiger partial charge in [0.2, 0.25) is 5.91 Å². The number of benzene rings is 1. The molecule has 1 amide bonds. The first-order valence-electron chi connectivity index (χ1n) is 6.87. The number of ether oxygens (including phenoxy) is 1. The molecule has 0 unspecified atom stereocenters. The Hall–Kier alpha value is -2.05. The highest BCUT2D eigenvalue weighted by Crippen LogP contribution is 2.16. The summed E-state index contributed by atoms with van der Waals surface area (Å²) in [6.45, 7) is 0.962. The number of aromatic nitrogens is 2. The van der Waals surface area contributed by atoms with Gasteiger partial charge in [0.05, 0.1) is 6.20 Å². The molecule has 6 nitrogen and oxygen atoms in total. The second-order valence-electron chi connectivity index (χ2n) is 4.73. The predicted octanol–water partition coefficient (Wildman–Crippen LogP) is 1.75. The maximum Gasteiger partial charge on any atom is 0.224 e. The number of anilines is 1. The summed E-state index contributed by atoms with van der Waals surface area (Å²) in [5, 5.41) is 6.93. The molecule has 0 fully saturated rings. The van der Waals surface area contributed by atoms with Crippen LogP contribution in [0.1, 0.15) is 12.0 Å². The number of carbonyl (C=O) groups is 1. The van der Waals surface area contributed by atoms with Gasteiger partial charge in [0.1, 0.15) is 12.4 Å². The molecule has 0 aliphatic carbocycles. The van der Waals surface area contributed by atoms with E-state index < -0.39 is 0 Å². The van der Waals surface area contributed by atoms with Gasteiger partial charge in [0, 0.05) is 31.9 Å². The normalized spacial score (nSPS) is 9.91. The van der Waals surface area contributed by atoms with E-state index in [1.54, 1.807) is 10.9 Å². The van der Waals surface area contributed by atoms with Crippen LogP contribution in [0, 0.1) is 0 Å². The van der Waals surface area contributed by atoms with Crippen LogP contribution in [0.2, 0.25) is 0 Å². The number of nitrogens with zero attached hydrogens (tertiary/aromatic N) is 2. The molecule has 0 bridgehead atoms. The van der Waals surface area contributed by atoms with Crippen molar-refractivity contribution in [3.05, 3.63) is 42.2 Å². The lowest BCUT2D eigenvalue weighted by atomic mass is 10.2. The summed E-state index contributed by atoms with van der Waals surface area (Å²) in [5.41, 5.74) is 7.18. The summed E-state index contributed by atoms with van der Waals surface area (Å²) in [6.07, 6.45) is 4.79. The molecule has 22 heavy (non-hydrogen) atoms. The third-order valence-electron chi connectivity index (χ3n) is 2.92. The van der Waals surface area contributed by atoms with Gasteiger partial charge < -0.3 is 15.8 Å². The van der Waals surface area contributed by atoms with Crippen molar-refractivity contribution in [3.63, 3.8) is 0 Å². The molecule has 0 saturated carbocycles. The summed E-state index contributed by atoms with van der Waals surface area (Å²) in [7, 11) is 1.86. The molecule has 0 radical (unpaired) electrons.